The first-order valence-corrected chi connectivity index (χ1v) is 16.4. The van der Waals surface area contributed by atoms with Crippen LogP contribution < -0.4 is 0 Å². The first-order chi connectivity index (χ1) is 20.3. The molecule has 44 heavy (non-hydrogen) atoms. The average molecular weight is 627 g/mol. The van der Waals surface area contributed by atoms with Gasteiger partial charge in [-0.1, -0.05) is 13.8 Å². The van der Waals surface area contributed by atoms with E-state index in [1.54, 1.807) is 26.8 Å². The van der Waals surface area contributed by atoms with Gasteiger partial charge in [-0.05, 0) is 107 Å². The van der Waals surface area contributed by atoms with Crippen molar-refractivity contribution in [2.24, 2.45) is 28.6 Å². The van der Waals surface area contributed by atoms with Gasteiger partial charge in [0.25, 0.3) is 0 Å². The number of hydrogen-bond acceptors (Lipinski definition) is 11. The molecule has 0 amide bonds. The van der Waals surface area contributed by atoms with E-state index in [-0.39, 0.29) is 35.9 Å². The smallest absolute Gasteiger partial charge is 0.187 e. The molecule has 14 atom stereocenters. The lowest BCUT2D eigenvalue weighted by Crippen LogP contribution is -2.64. The van der Waals surface area contributed by atoms with Crippen molar-refractivity contribution in [2.45, 2.75) is 152 Å². The van der Waals surface area contributed by atoms with Crippen molar-refractivity contribution in [3.05, 3.63) is 11.6 Å². The van der Waals surface area contributed by atoms with Crippen LogP contribution in [0.15, 0.2) is 11.6 Å². The maximum Gasteiger partial charge on any atom is 0.187 e. The van der Waals surface area contributed by atoms with E-state index in [9.17, 15) is 45.6 Å². The van der Waals surface area contributed by atoms with Gasteiger partial charge in [-0.15, -0.1) is 0 Å². The third-order valence-electron chi connectivity index (χ3n) is 12.6. The fraction of sp³-hybridized carbons (Fsp3) is 0.909. The predicted molar refractivity (Wildman–Crippen MR) is 158 cm³/mol. The Labute approximate surface area is 259 Å². The number of hydrogen-bond donors (Lipinski definition) is 8. The van der Waals surface area contributed by atoms with E-state index in [1.807, 2.05) is 6.92 Å². The van der Waals surface area contributed by atoms with Crippen LogP contribution in [0.3, 0.4) is 0 Å². The van der Waals surface area contributed by atoms with E-state index < -0.39 is 77.7 Å². The average Bonchev–Trinajstić information content (AvgIpc) is 3.23. The number of carbonyl (C=O) groups excluding carboxylic acids is 1. The van der Waals surface area contributed by atoms with Gasteiger partial charge in [-0.2, -0.15) is 0 Å². The number of allylic oxidation sites excluding steroid dienone is 1. The topological polar surface area (TPSA) is 197 Å². The first kappa shape index (κ1) is 34.3. The molecule has 0 spiro atoms. The van der Waals surface area contributed by atoms with Crippen LogP contribution in [0.2, 0.25) is 0 Å². The van der Waals surface area contributed by atoms with E-state index in [0.717, 1.165) is 12.0 Å². The summed E-state index contributed by atoms with van der Waals surface area (Å²) in [6.07, 6.45) is -3.30. The van der Waals surface area contributed by atoms with Gasteiger partial charge < -0.3 is 50.3 Å². The van der Waals surface area contributed by atoms with Crippen LogP contribution in [-0.4, -0.2) is 113 Å². The third-order valence-corrected chi connectivity index (χ3v) is 12.6. The Morgan fingerprint density at radius 1 is 0.977 bits per heavy atom. The number of ether oxygens (including phenoxy) is 2. The molecule has 0 aromatic heterocycles. The van der Waals surface area contributed by atoms with Crippen molar-refractivity contribution in [3.63, 3.8) is 0 Å². The van der Waals surface area contributed by atoms with Crippen LogP contribution in [0.5, 0.6) is 0 Å². The van der Waals surface area contributed by atoms with Gasteiger partial charge in [-0.25, -0.2) is 0 Å². The molecule has 1 aliphatic heterocycles. The van der Waals surface area contributed by atoms with Crippen molar-refractivity contribution in [3.8, 4) is 0 Å². The monoisotopic (exact) mass is 626 g/mol. The van der Waals surface area contributed by atoms with Crippen molar-refractivity contribution in [1.82, 2.24) is 0 Å². The van der Waals surface area contributed by atoms with Gasteiger partial charge in [0, 0.05) is 11.3 Å². The zero-order chi connectivity index (χ0) is 32.6. The van der Waals surface area contributed by atoms with Gasteiger partial charge in [0.05, 0.1) is 35.6 Å². The first-order valence-electron chi connectivity index (χ1n) is 16.4. The van der Waals surface area contributed by atoms with Gasteiger partial charge in [-0.3, -0.25) is 4.79 Å². The van der Waals surface area contributed by atoms with E-state index in [2.05, 4.69) is 6.92 Å². The molecular weight excluding hydrogens is 572 g/mol. The van der Waals surface area contributed by atoms with Crippen LogP contribution in [-0.2, 0) is 14.3 Å². The fourth-order valence-electron chi connectivity index (χ4n) is 9.80. The highest BCUT2D eigenvalue weighted by Gasteiger charge is 2.69. The fourth-order valence-corrected chi connectivity index (χ4v) is 9.80. The second kappa shape index (κ2) is 11.6. The number of aliphatic hydroxyl groups excluding tert-OH is 5. The number of aliphatic hydroxyl groups is 8. The minimum atomic E-state index is -1.67. The van der Waals surface area contributed by atoms with Gasteiger partial charge in [0.15, 0.2) is 12.1 Å². The van der Waals surface area contributed by atoms with Gasteiger partial charge in [0.2, 0.25) is 0 Å². The van der Waals surface area contributed by atoms with Crippen molar-refractivity contribution in [1.29, 1.82) is 0 Å². The lowest BCUT2D eigenvalue weighted by atomic mass is 9.46. The number of rotatable bonds is 8. The summed E-state index contributed by atoms with van der Waals surface area (Å²) in [5.41, 5.74) is -4.57. The second-order valence-electron chi connectivity index (χ2n) is 15.8. The molecule has 4 fully saturated rings. The van der Waals surface area contributed by atoms with Gasteiger partial charge >= 0.3 is 0 Å². The van der Waals surface area contributed by atoms with Crippen LogP contribution >= 0.6 is 0 Å². The standard InChI is InChI=1S/C33H54O11/c1-29(2,40)10-9-24(44-28-27(39)26(38)25(37)22(16-34)43-28)32(5,41)23-8-13-33(42)19-15-21(36)20-14-17(35)6-11-30(20,3)18(19)7-12-31(23,33)4/h15,17-18,20,22-28,34-35,37-42H,6-14,16H2,1-5H3/t17-,18?,20?,22+,23-,24+,25-,26-,27+,28+,30+,31+,32-,33+/m0/s1. The zero-order valence-corrected chi connectivity index (χ0v) is 26.7. The van der Waals surface area contributed by atoms with Crippen LogP contribution in [0.4, 0.5) is 0 Å². The second-order valence-corrected chi connectivity index (χ2v) is 15.8. The maximum atomic E-state index is 13.5. The predicted octanol–water partition coefficient (Wildman–Crippen LogP) is 0.707. The zero-order valence-electron chi connectivity index (χ0n) is 26.7. The molecule has 0 radical (unpaired) electrons. The van der Waals surface area contributed by atoms with Crippen molar-refractivity contribution in [2.75, 3.05) is 6.61 Å². The summed E-state index contributed by atoms with van der Waals surface area (Å²) in [6, 6.07) is 0. The molecule has 1 saturated heterocycles. The lowest BCUT2D eigenvalue weighted by molar-refractivity contribution is -0.328. The minimum absolute atomic E-state index is 0.0178. The largest absolute Gasteiger partial charge is 0.394 e. The molecule has 5 rings (SSSR count). The molecule has 252 valence electrons. The summed E-state index contributed by atoms with van der Waals surface area (Å²) in [6.45, 7) is 8.34. The summed E-state index contributed by atoms with van der Waals surface area (Å²) in [5, 5.41) is 87.0. The molecule has 1 heterocycles. The molecule has 11 nitrogen and oxygen atoms in total. The van der Waals surface area contributed by atoms with E-state index in [1.165, 1.54) is 0 Å². The number of carbonyl (C=O) groups is 1. The molecule has 2 unspecified atom stereocenters. The third kappa shape index (κ3) is 5.42. The number of ketones is 1. The van der Waals surface area contributed by atoms with Gasteiger partial charge in [0.1, 0.15) is 24.4 Å². The molecule has 11 heteroatoms. The minimum Gasteiger partial charge on any atom is -0.394 e. The van der Waals surface area contributed by atoms with Crippen molar-refractivity contribution < 1.29 is 55.1 Å². The Morgan fingerprint density at radius 2 is 1.66 bits per heavy atom. The van der Waals surface area contributed by atoms with Crippen LogP contribution in [0.25, 0.3) is 0 Å². The maximum absolute atomic E-state index is 13.5. The Balaban J connectivity index is 1.46. The Morgan fingerprint density at radius 3 is 2.30 bits per heavy atom. The summed E-state index contributed by atoms with van der Waals surface area (Å²) in [5.74, 6) is -0.881. The normalized spacial score (nSPS) is 48.1. The van der Waals surface area contributed by atoms with E-state index in [4.69, 9.17) is 9.47 Å². The molecule has 3 saturated carbocycles. The quantitative estimate of drug-likeness (QED) is 0.189. The SMILES string of the molecule is CC(C)(O)CC[C@@H](O[C@H]1O[C@H](CO)[C@H](O)[C@H](O)[C@H]1O)[C@@](C)(O)[C@H]1CC[C@@]2(O)C3=CC(=O)C4C[C@@H](O)CC[C@]4(C)C3CC[C@]12C. The Bertz CT molecular complexity index is 1120. The van der Waals surface area contributed by atoms with Crippen molar-refractivity contribution >= 4 is 5.78 Å². The number of fused-ring (bicyclic) bond motifs is 5. The highest BCUT2D eigenvalue weighted by Crippen LogP contribution is 2.68. The molecular formula is C33H54O11. The van der Waals surface area contributed by atoms with Crippen LogP contribution in [0, 0.1) is 28.6 Å². The molecule has 0 aromatic rings. The molecule has 0 bridgehead atoms. The lowest BCUT2D eigenvalue weighted by Gasteiger charge is -2.60. The molecule has 0 aromatic carbocycles. The molecule has 5 aliphatic rings. The summed E-state index contributed by atoms with van der Waals surface area (Å²) in [7, 11) is 0. The summed E-state index contributed by atoms with van der Waals surface area (Å²) >= 11 is 0. The van der Waals surface area contributed by atoms with E-state index >= 15 is 0 Å². The molecule has 4 aliphatic carbocycles. The highest BCUT2D eigenvalue weighted by atomic mass is 16.7. The Kier molecular flexibility index (Phi) is 9.06. The molecule has 8 N–H and O–H groups in total. The summed E-state index contributed by atoms with van der Waals surface area (Å²) < 4.78 is 11.8. The van der Waals surface area contributed by atoms with E-state index in [0.29, 0.717) is 38.5 Å². The van der Waals surface area contributed by atoms with Crippen LogP contribution in [0.1, 0.15) is 92.4 Å². The summed E-state index contributed by atoms with van der Waals surface area (Å²) in [4.78, 5) is 13.5. The highest BCUT2D eigenvalue weighted by molar-refractivity contribution is 5.95. The Hall–Kier alpha value is -0.990.